The monoisotopic (exact) mass is 336 g/mol. The maximum atomic E-state index is 12.0. The molecule has 0 atom stereocenters. The summed E-state index contributed by atoms with van der Waals surface area (Å²) in [6, 6.07) is 6.47. The fourth-order valence-electron chi connectivity index (χ4n) is 1.96. The van der Waals surface area contributed by atoms with Gasteiger partial charge in [-0.3, -0.25) is 9.59 Å². The first-order valence-electron chi connectivity index (χ1n) is 7.96. The zero-order valence-electron chi connectivity index (χ0n) is 14.3. The number of benzene rings is 1. The van der Waals surface area contributed by atoms with Crippen molar-refractivity contribution in [1.82, 2.24) is 10.2 Å². The number of likely N-dealkylation sites (N-methyl/N-ethyl adjacent to an activating group) is 2. The van der Waals surface area contributed by atoms with Crippen LogP contribution in [0.3, 0.4) is 0 Å². The van der Waals surface area contributed by atoms with Gasteiger partial charge in [-0.05, 0) is 45.0 Å². The molecular formula is C17H24N2O5. The van der Waals surface area contributed by atoms with E-state index in [9.17, 15) is 14.4 Å². The summed E-state index contributed by atoms with van der Waals surface area (Å²) in [6.07, 6.45) is 0. The number of hydrogen-bond acceptors (Lipinski definition) is 5. The number of nitrogens with one attached hydrogen (secondary N) is 1. The van der Waals surface area contributed by atoms with Gasteiger partial charge in [0.2, 0.25) is 5.91 Å². The molecule has 0 aliphatic heterocycles. The molecule has 0 saturated heterocycles. The summed E-state index contributed by atoms with van der Waals surface area (Å²) >= 11 is 0. The summed E-state index contributed by atoms with van der Waals surface area (Å²) in [4.78, 5) is 36.8. The molecule has 0 fully saturated rings. The fourth-order valence-corrected chi connectivity index (χ4v) is 1.96. The zero-order valence-corrected chi connectivity index (χ0v) is 14.3. The molecule has 1 aromatic carbocycles. The zero-order chi connectivity index (χ0) is 17.9. The predicted molar refractivity (Wildman–Crippen MR) is 88.8 cm³/mol. The first kappa shape index (κ1) is 19.5. The highest BCUT2D eigenvalue weighted by Gasteiger charge is 2.17. The molecule has 0 heterocycles. The van der Waals surface area contributed by atoms with Gasteiger partial charge in [0.1, 0.15) is 5.75 Å². The topological polar surface area (TPSA) is 84.9 Å². The van der Waals surface area contributed by atoms with Gasteiger partial charge in [-0.2, -0.15) is 0 Å². The van der Waals surface area contributed by atoms with Crippen molar-refractivity contribution < 1.29 is 23.9 Å². The predicted octanol–water partition coefficient (Wildman–Crippen LogP) is 1.23. The van der Waals surface area contributed by atoms with Crippen molar-refractivity contribution in [1.29, 1.82) is 0 Å². The third-order valence-electron chi connectivity index (χ3n) is 3.17. The lowest BCUT2D eigenvalue weighted by atomic mass is 10.2. The maximum absolute atomic E-state index is 12.0. The van der Waals surface area contributed by atoms with Crippen LogP contribution < -0.4 is 10.1 Å². The molecule has 1 aromatic rings. The number of rotatable bonds is 9. The molecule has 0 spiro atoms. The number of carbonyl (C=O) groups is 3. The Morgan fingerprint density at radius 1 is 1.08 bits per heavy atom. The molecular weight excluding hydrogens is 312 g/mol. The number of nitrogens with zero attached hydrogens (tertiary/aromatic N) is 1. The van der Waals surface area contributed by atoms with Gasteiger partial charge in [0.05, 0.1) is 18.7 Å². The van der Waals surface area contributed by atoms with E-state index in [0.29, 0.717) is 31.0 Å². The van der Waals surface area contributed by atoms with Crippen LogP contribution in [0.25, 0.3) is 0 Å². The average Bonchev–Trinajstić information content (AvgIpc) is 2.58. The van der Waals surface area contributed by atoms with E-state index in [0.717, 1.165) is 0 Å². The van der Waals surface area contributed by atoms with Crippen molar-refractivity contribution in [3.05, 3.63) is 29.8 Å². The standard InChI is InChI=1S/C17H24N2O5/c1-4-18-15(20)11-19(5-2)16(21)12-24-17(22)13-7-9-14(10-8-13)23-6-3/h7-10H,4-6,11-12H2,1-3H3,(H,18,20). The Labute approximate surface area is 141 Å². The molecule has 0 saturated carbocycles. The molecule has 0 bridgehead atoms. The van der Waals surface area contributed by atoms with Crippen LogP contribution in [0, 0.1) is 0 Å². The van der Waals surface area contributed by atoms with Gasteiger partial charge < -0.3 is 19.7 Å². The minimum Gasteiger partial charge on any atom is -0.494 e. The second-order valence-electron chi connectivity index (χ2n) is 4.89. The van der Waals surface area contributed by atoms with Crippen molar-refractivity contribution in [3.8, 4) is 5.75 Å². The first-order chi connectivity index (χ1) is 11.5. The van der Waals surface area contributed by atoms with Crippen molar-refractivity contribution in [2.45, 2.75) is 20.8 Å². The van der Waals surface area contributed by atoms with E-state index in [1.807, 2.05) is 6.92 Å². The van der Waals surface area contributed by atoms with Crippen LogP contribution in [0.4, 0.5) is 0 Å². The normalized spacial score (nSPS) is 9.96. The highest BCUT2D eigenvalue weighted by molar-refractivity contribution is 5.92. The lowest BCUT2D eigenvalue weighted by Gasteiger charge is -2.20. The third-order valence-corrected chi connectivity index (χ3v) is 3.17. The third kappa shape index (κ3) is 6.28. The van der Waals surface area contributed by atoms with E-state index in [1.165, 1.54) is 4.90 Å². The van der Waals surface area contributed by atoms with Crippen LogP contribution in [-0.4, -0.2) is 55.5 Å². The smallest absolute Gasteiger partial charge is 0.338 e. The molecule has 7 nitrogen and oxygen atoms in total. The SMILES string of the molecule is CCNC(=O)CN(CC)C(=O)COC(=O)c1ccc(OCC)cc1. The number of ether oxygens (including phenoxy) is 2. The Morgan fingerprint density at radius 2 is 1.75 bits per heavy atom. The summed E-state index contributed by atoms with van der Waals surface area (Å²) in [7, 11) is 0. The van der Waals surface area contributed by atoms with Gasteiger partial charge >= 0.3 is 5.97 Å². The second kappa shape index (κ2) is 10.3. The average molecular weight is 336 g/mol. The van der Waals surface area contributed by atoms with Crippen LogP contribution >= 0.6 is 0 Å². The Hall–Kier alpha value is -2.57. The van der Waals surface area contributed by atoms with E-state index in [-0.39, 0.29) is 12.5 Å². The van der Waals surface area contributed by atoms with Gasteiger partial charge in [-0.25, -0.2) is 4.79 Å². The van der Waals surface area contributed by atoms with Crippen molar-refractivity contribution in [2.24, 2.45) is 0 Å². The molecule has 0 aliphatic rings. The van der Waals surface area contributed by atoms with Gasteiger partial charge in [0.15, 0.2) is 6.61 Å². The van der Waals surface area contributed by atoms with Crippen LogP contribution in [0.5, 0.6) is 5.75 Å². The summed E-state index contributed by atoms with van der Waals surface area (Å²) in [5.74, 6) is -0.599. The van der Waals surface area contributed by atoms with Crippen LogP contribution in [0.1, 0.15) is 31.1 Å². The first-order valence-corrected chi connectivity index (χ1v) is 7.96. The Morgan fingerprint density at radius 3 is 2.29 bits per heavy atom. The molecule has 132 valence electrons. The fraction of sp³-hybridized carbons (Fsp3) is 0.471. The Bertz CT molecular complexity index is 557. The minimum atomic E-state index is -0.597. The summed E-state index contributed by atoms with van der Waals surface area (Å²) in [6.45, 7) is 6.36. The van der Waals surface area contributed by atoms with Crippen LogP contribution in [0.15, 0.2) is 24.3 Å². The van der Waals surface area contributed by atoms with Gasteiger partial charge in [0.25, 0.3) is 5.91 Å². The number of carbonyl (C=O) groups excluding carboxylic acids is 3. The second-order valence-corrected chi connectivity index (χ2v) is 4.89. The number of esters is 1. The molecule has 0 aliphatic carbocycles. The molecule has 1 N–H and O–H groups in total. The van der Waals surface area contributed by atoms with Gasteiger partial charge in [-0.1, -0.05) is 0 Å². The molecule has 2 amide bonds. The van der Waals surface area contributed by atoms with E-state index < -0.39 is 18.5 Å². The van der Waals surface area contributed by atoms with Crippen molar-refractivity contribution >= 4 is 17.8 Å². The van der Waals surface area contributed by atoms with Gasteiger partial charge in [0, 0.05) is 13.1 Å². The largest absolute Gasteiger partial charge is 0.494 e. The van der Waals surface area contributed by atoms with E-state index in [2.05, 4.69) is 5.32 Å². The molecule has 24 heavy (non-hydrogen) atoms. The van der Waals surface area contributed by atoms with E-state index >= 15 is 0 Å². The Balaban J connectivity index is 2.52. The molecule has 7 heteroatoms. The Kier molecular flexibility index (Phi) is 8.32. The maximum Gasteiger partial charge on any atom is 0.338 e. The number of amides is 2. The molecule has 0 aromatic heterocycles. The van der Waals surface area contributed by atoms with Crippen molar-refractivity contribution in [3.63, 3.8) is 0 Å². The van der Waals surface area contributed by atoms with Crippen molar-refractivity contribution in [2.75, 3.05) is 32.8 Å². The summed E-state index contributed by atoms with van der Waals surface area (Å²) in [5, 5.41) is 2.62. The molecule has 0 unspecified atom stereocenters. The van der Waals surface area contributed by atoms with E-state index in [4.69, 9.17) is 9.47 Å². The minimum absolute atomic E-state index is 0.0518. The van der Waals surface area contributed by atoms with Crippen LogP contribution in [-0.2, 0) is 14.3 Å². The molecule has 0 radical (unpaired) electrons. The summed E-state index contributed by atoms with van der Waals surface area (Å²) < 4.78 is 10.3. The lowest BCUT2D eigenvalue weighted by Crippen LogP contribution is -2.42. The molecule has 1 rings (SSSR count). The summed E-state index contributed by atoms with van der Waals surface area (Å²) in [5.41, 5.74) is 0.332. The van der Waals surface area contributed by atoms with Gasteiger partial charge in [-0.15, -0.1) is 0 Å². The van der Waals surface area contributed by atoms with E-state index in [1.54, 1.807) is 38.1 Å². The van der Waals surface area contributed by atoms with Crippen LogP contribution in [0.2, 0.25) is 0 Å². The lowest BCUT2D eigenvalue weighted by molar-refractivity contribution is -0.138. The highest BCUT2D eigenvalue weighted by Crippen LogP contribution is 2.12. The quantitative estimate of drug-likeness (QED) is 0.686. The highest BCUT2D eigenvalue weighted by atomic mass is 16.5. The number of hydrogen-bond donors (Lipinski definition) is 1.